The Balaban J connectivity index is 2.73. The molecule has 0 atom stereocenters. The molecular formula is C5H7F2NO. The van der Waals surface area contributed by atoms with Crippen LogP contribution in [-0.4, -0.2) is 23.9 Å². The molecule has 1 rings (SSSR count). The van der Waals surface area contributed by atoms with Gasteiger partial charge in [-0.3, -0.25) is 9.69 Å². The Kier molecular flexibility index (Phi) is 1.18. The van der Waals surface area contributed by atoms with E-state index in [0.29, 0.717) is 4.90 Å². The Morgan fingerprint density at radius 1 is 1.67 bits per heavy atom. The van der Waals surface area contributed by atoms with Gasteiger partial charge in [-0.2, -0.15) is 8.78 Å². The van der Waals surface area contributed by atoms with E-state index in [2.05, 4.69) is 0 Å². The Morgan fingerprint density at radius 3 is 2.33 bits per heavy atom. The molecule has 0 aliphatic carbocycles. The fourth-order valence-corrected chi connectivity index (χ4v) is 0.775. The third-order valence-corrected chi connectivity index (χ3v) is 1.50. The highest BCUT2D eigenvalue weighted by atomic mass is 19.3. The predicted molar refractivity (Wildman–Crippen MR) is 27.0 cm³/mol. The minimum atomic E-state index is -2.89. The Morgan fingerprint density at radius 2 is 2.22 bits per heavy atom. The van der Waals surface area contributed by atoms with E-state index in [9.17, 15) is 13.6 Å². The zero-order chi connectivity index (χ0) is 7.07. The van der Waals surface area contributed by atoms with Gasteiger partial charge in [0.05, 0.1) is 0 Å². The molecule has 0 aromatic carbocycles. The van der Waals surface area contributed by atoms with Crippen molar-refractivity contribution >= 4 is 5.91 Å². The maximum absolute atomic E-state index is 12.3. The molecule has 0 radical (unpaired) electrons. The highest BCUT2D eigenvalue weighted by molar-refractivity contribution is 5.78. The second-order valence-electron chi connectivity index (χ2n) is 2.12. The first kappa shape index (κ1) is 6.45. The number of nitrogens with zero attached hydrogens (tertiary/aromatic N) is 1. The van der Waals surface area contributed by atoms with Crippen LogP contribution in [0.25, 0.3) is 0 Å². The van der Waals surface area contributed by atoms with Crippen LogP contribution < -0.4 is 0 Å². The van der Waals surface area contributed by atoms with Gasteiger partial charge in [-0.15, -0.1) is 0 Å². The molecule has 0 unspecified atom stereocenters. The number of hydrogen-bond acceptors (Lipinski definition) is 1. The van der Waals surface area contributed by atoms with E-state index >= 15 is 0 Å². The summed E-state index contributed by atoms with van der Waals surface area (Å²) in [6.07, 6.45) is -0.355. The lowest BCUT2D eigenvalue weighted by Gasteiger charge is -2.17. The quantitative estimate of drug-likeness (QED) is 0.450. The normalized spacial score (nSPS) is 25.2. The second-order valence-corrected chi connectivity index (χ2v) is 2.12. The molecule has 0 bridgehead atoms. The Bertz CT molecular complexity index is 146. The largest absolute Gasteiger partial charge is 0.328 e. The zero-order valence-corrected chi connectivity index (χ0v) is 5.03. The van der Waals surface area contributed by atoms with Gasteiger partial charge in [-0.05, 0) is 0 Å². The second kappa shape index (κ2) is 1.65. The summed E-state index contributed by atoms with van der Waals surface area (Å²) >= 11 is 0. The summed E-state index contributed by atoms with van der Waals surface area (Å²) in [5, 5.41) is 0. The number of halogens is 2. The van der Waals surface area contributed by atoms with E-state index in [-0.39, 0.29) is 12.8 Å². The molecule has 4 heteroatoms. The third-order valence-electron chi connectivity index (χ3n) is 1.50. The van der Waals surface area contributed by atoms with Gasteiger partial charge in [-0.25, -0.2) is 0 Å². The van der Waals surface area contributed by atoms with Crippen molar-refractivity contribution in [1.82, 2.24) is 4.90 Å². The maximum atomic E-state index is 12.3. The summed E-state index contributed by atoms with van der Waals surface area (Å²) in [7, 11) is 1.12. The first-order valence-corrected chi connectivity index (χ1v) is 2.68. The number of hydrogen-bond donors (Lipinski definition) is 0. The molecule has 0 spiro atoms. The highest BCUT2D eigenvalue weighted by Crippen LogP contribution is 2.30. The fraction of sp³-hybridized carbons (Fsp3) is 0.800. The van der Waals surface area contributed by atoms with Crippen molar-refractivity contribution in [1.29, 1.82) is 0 Å². The Labute approximate surface area is 51.4 Å². The van der Waals surface area contributed by atoms with Gasteiger partial charge in [0.1, 0.15) is 0 Å². The van der Waals surface area contributed by atoms with Gasteiger partial charge in [-0.1, -0.05) is 0 Å². The zero-order valence-electron chi connectivity index (χ0n) is 5.03. The van der Waals surface area contributed by atoms with Crippen molar-refractivity contribution in [3.05, 3.63) is 0 Å². The lowest BCUT2D eigenvalue weighted by atomic mass is 10.3. The van der Waals surface area contributed by atoms with Gasteiger partial charge < -0.3 is 0 Å². The van der Waals surface area contributed by atoms with Crippen molar-refractivity contribution in [2.45, 2.75) is 18.9 Å². The molecule has 0 aromatic heterocycles. The molecule has 2 nitrogen and oxygen atoms in total. The number of carbonyl (C=O) groups excluding carboxylic acids is 1. The van der Waals surface area contributed by atoms with E-state index in [1.54, 1.807) is 0 Å². The van der Waals surface area contributed by atoms with Crippen molar-refractivity contribution in [2.75, 3.05) is 7.05 Å². The van der Waals surface area contributed by atoms with E-state index in [0.717, 1.165) is 7.05 Å². The smallest absolute Gasteiger partial charge is 0.287 e. The summed E-state index contributed by atoms with van der Waals surface area (Å²) in [6, 6.07) is -2.89. The SMILES string of the molecule is CN1C(=O)CCC1(F)F. The van der Waals surface area contributed by atoms with Crippen molar-refractivity contribution in [3.63, 3.8) is 0 Å². The van der Waals surface area contributed by atoms with Gasteiger partial charge in [0.15, 0.2) is 0 Å². The summed E-state index contributed by atoms with van der Waals surface area (Å²) in [4.78, 5) is 10.9. The lowest BCUT2D eigenvalue weighted by Crippen LogP contribution is -2.34. The van der Waals surface area contributed by atoms with Gasteiger partial charge in [0, 0.05) is 19.9 Å². The van der Waals surface area contributed by atoms with Crippen LogP contribution in [0.15, 0.2) is 0 Å². The van der Waals surface area contributed by atoms with Gasteiger partial charge >= 0.3 is 6.05 Å². The number of alkyl halides is 2. The molecule has 1 amide bonds. The molecular weight excluding hydrogens is 128 g/mol. The van der Waals surface area contributed by atoms with E-state index in [4.69, 9.17) is 0 Å². The highest BCUT2D eigenvalue weighted by Gasteiger charge is 2.43. The van der Waals surface area contributed by atoms with Crippen LogP contribution in [0.3, 0.4) is 0 Å². The van der Waals surface area contributed by atoms with Gasteiger partial charge in [0.2, 0.25) is 5.91 Å². The lowest BCUT2D eigenvalue weighted by molar-refractivity contribution is -0.150. The van der Waals surface area contributed by atoms with Crippen LogP contribution in [0.5, 0.6) is 0 Å². The first-order chi connectivity index (χ1) is 4.04. The topological polar surface area (TPSA) is 20.3 Å². The number of carbonyl (C=O) groups is 1. The fourth-order valence-electron chi connectivity index (χ4n) is 0.775. The van der Waals surface area contributed by atoms with Crippen LogP contribution in [-0.2, 0) is 4.79 Å². The summed E-state index contributed by atoms with van der Waals surface area (Å²) in [6.45, 7) is 0. The van der Waals surface area contributed by atoms with Crippen LogP contribution in [0.1, 0.15) is 12.8 Å². The van der Waals surface area contributed by atoms with Gasteiger partial charge in [0.25, 0.3) is 0 Å². The molecule has 52 valence electrons. The van der Waals surface area contributed by atoms with Crippen LogP contribution in [0.2, 0.25) is 0 Å². The molecule has 1 saturated heterocycles. The third kappa shape index (κ3) is 0.886. The monoisotopic (exact) mass is 135 g/mol. The average Bonchev–Trinajstić information content (AvgIpc) is 1.97. The van der Waals surface area contributed by atoms with Crippen molar-refractivity contribution in [3.8, 4) is 0 Å². The molecule has 9 heavy (non-hydrogen) atoms. The molecule has 1 heterocycles. The van der Waals surface area contributed by atoms with Crippen LogP contribution in [0.4, 0.5) is 8.78 Å². The molecule has 0 N–H and O–H groups in total. The Hall–Kier alpha value is -0.670. The van der Waals surface area contributed by atoms with Crippen LogP contribution >= 0.6 is 0 Å². The minimum absolute atomic E-state index is 0.0243. The number of rotatable bonds is 0. The standard InChI is InChI=1S/C5H7F2NO/c1-8-4(9)2-3-5(8,6)7/h2-3H2,1H3. The molecule has 1 aliphatic heterocycles. The van der Waals surface area contributed by atoms with E-state index < -0.39 is 12.0 Å². The van der Waals surface area contributed by atoms with Crippen molar-refractivity contribution in [2.24, 2.45) is 0 Å². The van der Waals surface area contributed by atoms with Crippen LogP contribution in [0, 0.1) is 0 Å². The minimum Gasteiger partial charge on any atom is -0.287 e. The first-order valence-electron chi connectivity index (χ1n) is 2.68. The summed E-state index contributed by atoms with van der Waals surface area (Å²) < 4.78 is 24.6. The van der Waals surface area contributed by atoms with Crippen molar-refractivity contribution < 1.29 is 13.6 Å². The molecule has 1 fully saturated rings. The summed E-state index contributed by atoms with van der Waals surface area (Å²) in [5.41, 5.74) is 0. The molecule has 0 saturated carbocycles. The number of likely N-dealkylation sites (tertiary alicyclic amines) is 1. The average molecular weight is 135 g/mol. The summed E-state index contributed by atoms with van der Waals surface area (Å²) in [5.74, 6) is -0.472. The molecule has 0 aromatic rings. The van der Waals surface area contributed by atoms with E-state index in [1.807, 2.05) is 0 Å². The van der Waals surface area contributed by atoms with E-state index in [1.165, 1.54) is 0 Å². The molecule has 1 aliphatic rings. The predicted octanol–water partition coefficient (Wildman–Crippen LogP) is 0.831. The maximum Gasteiger partial charge on any atom is 0.328 e. The number of amides is 1.